The third kappa shape index (κ3) is 2.18. The van der Waals surface area contributed by atoms with Crippen molar-refractivity contribution in [2.45, 2.75) is 6.42 Å². The van der Waals surface area contributed by atoms with Crippen molar-refractivity contribution >= 4 is 40.2 Å². The lowest BCUT2D eigenvalue weighted by molar-refractivity contribution is -0.141. The molecular formula is C11H10INO3. The van der Waals surface area contributed by atoms with Gasteiger partial charge in [0.2, 0.25) is 5.91 Å². The fourth-order valence-electron chi connectivity index (χ4n) is 1.74. The van der Waals surface area contributed by atoms with Crippen molar-refractivity contribution in [2.24, 2.45) is 5.92 Å². The maximum Gasteiger partial charge on any atom is 0.308 e. The maximum absolute atomic E-state index is 11.6. The highest BCUT2D eigenvalue weighted by Crippen LogP contribution is 2.25. The van der Waals surface area contributed by atoms with Gasteiger partial charge in [0, 0.05) is 22.2 Å². The molecular weight excluding hydrogens is 321 g/mol. The van der Waals surface area contributed by atoms with Crippen LogP contribution < -0.4 is 4.90 Å². The van der Waals surface area contributed by atoms with Crippen LogP contribution in [0.15, 0.2) is 24.3 Å². The van der Waals surface area contributed by atoms with E-state index in [2.05, 4.69) is 22.6 Å². The zero-order valence-electron chi connectivity index (χ0n) is 8.39. The molecule has 0 aliphatic carbocycles. The number of carboxylic acid groups (broad SMARTS) is 1. The molecule has 0 saturated carbocycles. The average Bonchev–Trinajstić information content (AvgIpc) is 2.62. The number of amides is 1. The van der Waals surface area contributed by atoms with Gasteiger partial charge < -0.3 is 10.0 Å². The van der Waals surface area contributed by atoms with Gasteiger partial charge in [-0.25, -0.2) is 0 Å². The Balaban J connectivity index is 2.20. The standard InChI is InChI=1S/C11H10INO3/c12-8-1-3-9(4-2-8)13-6-7(11(15)16)5-10(13)14/h1-4,7H,5-6H2,(H,15,16)/t7-/m1/s1. The molecule has 1 aromatic carbocycles. The largest absolute Gasteiger partial charge is 0.481 e. The van der Waals surface area contributed by atoms with Crippen LogP contribution in [-0.2, 0) is 9.59 Å². The van der Waals surface area contributed by atoms with E-state index in [0.29, 0.717) is 0 Å². The highest BCUT2D eigenvalue weighted by molar-refractivity contribution is 14.1. The van der Waals surface area contributed by atoms with Gasteiger partial charge in [-0.15, -0.1) is 0 Å². The Morgan fingerprint density at radius 3 is 2.50 bits per heavy atom. The summed E-state index contributed by atoms with van der Waals surface area (Å²) >= 11 is 2.18. The van der Waals surface area contributed by atoms with Crippen molar-refractivity contribution in [3.63, 3.8) is 0 Å². The molecule has 1 aliphatic heterocycles. The molecule has 0 radical (unpaired) electrons. The molecule has 1 saturated heterocycles. The number of halogens is 1. The quantitative estimate of drug-likeness (QED) is 0.840. The van der Waals surface area contributed by atoms with Gasteiger partial charge in [-0.1, -0.05) is 0 Å². The van der Waals surface area contributed by atoms with Crippen molar-refractivity contribution in [2.75, 3.05) is 11.4 Å². The first-order chi connectivity index (χ1) is 7.58. The van der Waals surface area contributed by atoms with E-state index in [1.165, 1.54) is 4.90 Å². The highest BCUT2D eigenvalue weighted by atomic mass is 127. The molecule has 0 bridgehead atoms. The van der Waals surface area contributed by atoms with Crippen LogP contribution in [0.5, 0.6) is 0 Å². The summed E-state index contributed by atoms with van der Waals surface area (Å²) in [7, 11) is 0. The molecule has 0 unspecified atom stereocenters. The number of nitrogens with zero attached hydrogens (tertiary/aromatic N) is 1. The van der Waals surface area contributed by atoms with Crippen LogP contribution in [-0.4, -0.2) is 23.5 Å². The molecule has 5 heteroatoms. The van der Waals surface area contributed by atoms with Crippen LogP contribution >= 0.6 is 22.6 Å². The van der Waals surface area contributed by atoms with Gasteiger partial charge >= 0.3 is 5.97 Å². The Kier molecular flexibility index (Phi) is 3.13. The molecule has 1 amide bonds. The minimum Gasteiger partial charge on any atom is -0.481 e. The van der Waals surface area contributed by atoms with Crippen LogP contribution in [0.3, 0.4) is 0 Å². The van der Waals surface area contributed by atoms with Gasteiger partial charge in [-0.3, -0.25) is 9.59 Å². The zero-order chi connectivity index (χ0) is 11.7. The second-order valence-electron chi connectivity index (χ2n) is 3.72. The molecule has 2 rings (SSSR count). The number of anilines is 1. The lowest BCUT2D eigenvalue weighted by Gasteiger charge is -2.15. The molecule has 4 nitrogen and oxygen atoms in total. The molecule has 1 atom stereocenters. The second kappa shape index (κ2) is 4.40. The van der Waals surface area contributed by atoms with E-state index < -0.39 is 11.9 Å². The Morgan fingerprint density at radius 2 is 2.00 bits per heavy atom. The predicted octanol–water partition coefficient (Wildman–Crippen LogP) is 1.73. The lowest BCUT2D eigenvalue weighted by atomic mass is 10.1. The Hall–Kier alpha value is -1.11. The Labute approximate surface area is 106 Å². The Bertz CT molecular complexity index is 429. The van der Waals surface area contributed by atoms with Gasteiger partial charge in [0.15, 0.2) is 0 Å². The van der Waals surface area contributed by atoms with Crippen molar-refractivity contribution in [1.29, 1.82) is 0 Å². The van der Waals surface area contributed by atoms with E-state index >= 15 is 0 Å². The second-order valence-corrected chi connectivity index (χ2v) is 4.97. The number of carbonyl (C=O) groups is 2. The van der Waals surface area contributed by atoms with Crippen molar-refractivity contribution < 1.29 is 14.7 Å². The SMILES string of the molecule is O=C(O)[C@@H]1CC(=O)N(c2ccc(I)cc2)C1. The minimum absolute atomic E-state index is 0.0985. The smallest absolute Gasteiger partial charge is 0.308 e. The molecule has 0 spiro atoms. The van der Waals surface area contributed by atoms with Gasteiger partial charge in [0.25, 0.3) is 0 Å². The molecule has 1 heterocycles. The number of carboxylic acids is 1. The molecule has 1 fully saturated rings. The van der Waals surface area contributed by atoms with E-state index in [1.54, 1.807) is 0 Å². The van der Waals surface area contributed by atoms with E-state index in [0.717, 1.165) is 9.26 Å². The summed E-state index contributed by atoms with van der Waals surface area (Å²) in [6, 6.07) is 7.47. The summed E-state index contributed by atoms with van der Waals surface area (Å²) in [5.74, 6) is -1.60. The summed E-state index contributed by atoms with van der Waals surface area (Å²) in [6.07, 6.45) is 0.0985. The van der Waals surface area contributed by atoms with Gasteiger partial charge in [0.1, 0.15) is 0 Å². The number of rotatable bonds is 2. The number of hydrogen-bond acceptors (Lipinski definition) is 2. The third-order valence-corrected chi connectivity index (χ3v) is 3.33. The van der Waals surface area contributed by atoms with Crippen molar-refractivity contribution in [3.8, 4) is 0 Å². The third-order valence-electron chi connectivity index (χ3n) is 2.61. The van der Waals surface area contributed by atoms with E-state index in [4.69, 9.17) is 5.11 Å². The first-order valence-electron chi connectivity index (χ1n) is 4.86. The van der Waals surface area contributed by atoms with E-state index in [9.17, 15) is 9.59 Å². The fourth-order valence-corrected chi connectivity index (χ4v) is 2.10. The summed E-state index contributed by atoms with van der Waals surface area (Å²) in [4.78, 5) is 24.0. The Morgan fingerprint density at radius 1 is 1.38 bits per heavy atom. The first kappa shape index (κ1) is 11.4. The predicted molar refractivity (Wildman–Crippen MR) is 67.3 cm³/mol. The van der Waals surface area contributed by atoms with Gasteiger partial charge in [0.05, 0.1) is 5.92 Å². The summed E-state index contributed by atoms with van der Waals surface area (Å²) in [5, 5.41) is 8.86. The van der Waals surface area contributed by atoms with Crippen molar-refractivity contribution in [3.05, 3.63) is 27.8 Å². The van der Waals surface area contributed by atoms with Crippen LogP contribution in [0.25, 0.3) is 0 Å². The molecule has 1 aromatic rings. The van der Waals surface area contributed by atoms with E-state index in [1.807, 2.05) is 24.3 Å². The summed E-state index contributed by atoms with van der Waals surface area (Å²) < 4.78 is 1.09. The van der Waals surface area contributed by atoms with Crippen LogP contribution in [0.4, 0.5) is 5.69 Å². The van der Waals surface area contributed by atoms with Gasteiger partial charge in [-0.2, -0.15) is 0 Å². The van der Waals surface area contributed by atoms with Crippen LogP contribution in [0.1, 0.15) is 6.42 Å². The molecule has 1 N–H and O–H groups in total. The number of carbonyl (C=O) groups excluding carboxylic acids is 1. The number of benzene rings is 1. The van der Waals surface area contributed by atoms with Crippen LogP contribution in [0, 0.1) is 9.49 Å². The zero-order valence-corrected chi connectivity index (χ0v) is 10.5. The molecule has 84 valence electrons. The minimum atomic E-state index is -0.902. The number of hydrogen-bond donors (Lipinski definition) is 1. The first-order valence-corrected chi connectivity index (χ1v) is 5.94. The van der Waals surface area contributed by atoms with Gasteiger partial charge in [-0.05, 0) is 46.9 Å². The lowest BCUT2D eigenvalue weighted by Crippen LogP contribution is -2.25. The monoisotopic (exact) mass is 331 g/mol. The molecule has 16 heavy (non-hydrogen) atoms. The topological polar surface area (TPSA) is 57.6 Å². The summed E-state index contributed by atoms with van der Waals surface area (Å²) in [6.45, 7) is 0.273. The normalized spacial score (nSPS) is 20.2. The van der Waals surface area contributed by atoms with E-state index in [-0.39, 0.29) is 18.9 Å². The molecule has 1 aliphatic rings. The maximum atomic E-state index is 11.6. The fraction of sp³-hybridized carbons (Fsp3) is 0.273. The van der Waals surface area contributed by atoms with Crippen molar-refractivity contribution in [1.82, 2.24) is 0 Å². The number of aliphatic carboxylic acids is 1. The average molecular weight is 331 g/mol. The van der Waals surface area contributed by atoms with Crippen LogP contribution in [0.2, 0.25) is 0 Å². The molecule has 0 aromatic heterocycles. The highest BCUT2D eigenvalue weighted by Gasteiger charge is 2.34. The summed E-state index contributed by atoms with van der Waals surface area (Å²) in [5.41, 5.74) is 0.772.